The van der Waals surface area contributed by atoms with Gasteiger partial charge in [0.2, 0.25) is 5.91 Å². The maximum absolute atomic E-state index is 14.6. The van der Waals surface area contributed by atoms with Crippen molar-refractivity contribution in [2.45, 2.75) is 72.1 Å². The zero-order chi connectivity index (χ0) is 26.5. The number of fused-ring (bicyclic) bond motifs is 4. The zero-order valence-corrected chi connectivity index (χ0v) is 22.8. The summed E-state index contributed by atoms with van der Waals surface area (Å²) < 4.78 is 6.97. The van der Waals surface area contributed by atoms with Crippen molar-refractivity contribution in [1.82, 2.24) is 5.32 Å². The molecule has 1 aromatic rings. The van der Waals surface area contributed by atoms with Gasteiger partial charge < -0.3 is 15.2 Å². The fraction of sp³-hybridized carbons (Fsp3) is 0.625. The van der Waals surface area contributed by atoms with E-state index >= 15 is 0 Å². The molecule has 3 heterocycles. The number of nitrogens with one attached hydrogen (secondary N) is 1. The Hall–Kier alpha value is -2.40. The van der Waals surface area contributed by atoms with Crippen molar-refractivity contribution in [1.29, 1.82) is 0 Å². The molecule has 7 rings (SSSR count). The van der Waals surface area contributed by atoms with E-state index in [2.05, 4.69) is 52.6 Å². The van der Waals surface area contributed by atoms with Crippen LogP contribution in [-0.4, -0.2) is 28.6 Å². The first-order valence-corrected chi connectivity index (χ1v) is 14.1. The Morgan fingerprint density at radius 1 is 1.11 bits per heavy atom. The van der Waals surface area contributed by atoms with Crippen LogP contribution in [0.1, 0.15) is 59.4 Å². The van der Waals surface area contributed by atoms with Gasteiger partial charge in [0.15, 0.2) is 0 Å². The van der Waals surface area contributed by atoms with E-state index in [1.807, 2.05) is 30.3 Å². The number of carbonyl (C=O) groups excluding carboxylic acids is 2. The molecule has 1 amide bonds. The molecular formula is C32H41NO4. The summed E-state index contributed by atoms with van der Waals surface area (Å²) in [6.07, 6.45) is 6.60. The van der Waals surface area contributed by atoms with E-state index in [0.717, 1.165) is 24.2 Å². The Labute approximate surface area is 220 Å². The van der Waals surface area contributed by atoms with Crippen molar-refractivity contribution < 1.29 is 19.4 Å². The number of ether oxygens (including phenoxy) is 1. The SMILES string of the molecule is C=[13CH][C@@]1(C)[13CH]=C(C)[13C@@H]2[13C@H]3[C@H]1[13C](=O)[C@@H]1C[C@](O)(Cc4ccc(cc4)O[C@@H]3[13C@@H]3[C@@H](C)[13CH2][C@@H](C)[13CH2][C@]32C)N[13C]1=O. The van der Waals surface area contributed by atoms with Crippen LogP contribution >= 0.6 is 0 Å². The van der Waals surface area contributed by atoms with Crippen molar-refractivity contribution in [2.24, 2.45) is 52.3 Å². The lowest BCUT2D eigenvalue weighted by Gasteiger charge is -2.50. The van der Waals surface area contributed by atoms with Gasteiger partial charge in [-0.1, -0.05) is 57.6 Å². The van der Waals surface area contributed by atoms with E-state index in [1.165, 1.54) is 5.57 Å². The first kappa shape index (κ1) is 24.9. The molecule has 0 unspecified atom stereocenters. The summed E-state index contributed by atoms with van der Waals surface area (Å²) in [6, 6.07) is 7.92. The van der Waals surface area contributed by atoms with Gasteiger partial charge in [0, 0.05) is 36.0 Å². The van der Waals surface area contributed by atoms with Crippen molar-refractivity contribution in [3.8, 4) is 5.75 Å². The molecule has 11 atom stereocenters. The smallest absolute Gasteiger partial charge is 0.232 e. The molecule has 1 saturated heterocycles. The second-order valence-electron chi connectivity index (χ2n) is 13.6. The normalized spacial score (nSPS) is 48.4. The van der Waals surface area contributed by atoms with Crippen molar-refractivity contribution in [3.63, 3.8) is 0 Å². The summed E-state index contributed by atoms with van der Waals surface area (Å²) >= 11 is 0. The van der Waals surface area contributed by atoms with Crippen LogP contribution in [0.4, 0.5) is 0 Å². The lowest BCUT2D eigenvalue weighted by molar-refractivity contribution is -0.139. The Balaban J connectivity index is 1.59. The highest BCUT2D eigenvalue weighted by Gasteiger charge is 2.68. The molecule has 4 bridgehead atoms. The minimum absolute atomic E-state index is 0.0102. The molecular weight excluding hydrogens is 471 g/mol. The Bertz CT molecular complexity index is 1190. The summed E-state index contributed by atoms with van der Waals surface area (Å²) in [7, 11) is 0. The van der Waals surface area contributed by atoms with Gasteiger partial charge in [-0.05, 0) is 60.6 Å². The van der Waals surface area contributed by atoms with E-state index in [-0.39, 0.29) is 47.9 Å². The quantitative estimate of drug-likeness (QED) is 0.312. The molecule has 3 aliphatic carbocycles. The number of hydrogen-bond donors (Lipinski definition) is 2. The molecule has 198 valence electrons. The fourth-order valence-electron chi connectivity index (χ4n) is 9.97. The fourth-order valence-corrected chi connectivity index (χ4v) is 9.97. The maximum atomic E-state index is 14.6. The van der Waals surface area contributed by atoms with Gasteiger partial charge in [-0.2, -0.15) is 0 Å². The first-order valence-electron chi connectivity index (χ1n) is 14.1. The predicted octanol–water partition coefficient (Wildman–Crippen LogP) is 5.09. The van der Waals surface area contributed by atoms with Crippen LogP contribution in [0.25, 0.3) is 0 Å². The number of aliphatic hydroxyl groups is 1. The van der Waals surface area contributed by atoms with Crippen LogP contribution in [0.2, 0.25) is 0 Å². The lowest BCUT2D eigenvalue weighted by Crippen LogP contribution is -2.50. The van der Waals surface area contributed by atoms with Crippen LogP contribution in [0.15, 0.2) is 48.6 Å². The highest BCUT2D eigenvalue weighted by atomic mass is 16.5. The highest BCUT2D eigenvalue weighted by molar-refractivity contribution is 6.05. The highest BCUT2D eigenvalue weighted by Crippen LogP contribution is 2.68. The van der Waals surface area contributed by atoms with Crippen molar-refractivity contribution in [2.75, 3.05) is 0 Å². The summed E-state index contributed by atoms with van der Waals surface area (Å²) in [6.45, 7) is 15.6. The molecule has 5 heteroatoms. The lowest BCUT2D eigenvalue weighted by atomic mass is 9.87. The number of Topliss-reactive ketones (excluding diaryl/α,β-unsaturated/α-hetero) is 1. The summed E-state index contributed by atoms with van der Waals surface area (Å²) in [5.74, 6) is 0.492. The standard InChI is InChI=1S/C32H41NO4/c1-7-30(5)14-19(4)24-23-26(30)27(34)22-16-32(36,33-29(22)35)15-20-8-10-21(11-9-20)37-28(23)25-18(3)12-17(2)13-31(24,25)6/h7-11,14,17-18,22-26,28,36H,1,12-13,15-16H2,2-6H3,(H,33,35)/t17-,18+,22+,23+,24-,25+,26+,28+,30+,31+,32-/m1/s1/i7+1,12+1,13+1,14+1,23+1,24+1,25+1,27+1,29+1. The third kappa shape index (κ3) is 3.52. The third-order valence-corrected chi connectivity index (χ3v) is 10.8. The monoisotopic (exact) mass is 512 g/mol. The van der Waals surface area contributed by atoms with Crippen molar-refractivity contribution >= 4 is 11.7 Å². The average molecular weight is 513 g/mol. The second kappa shape index (κ2) is 8.05. The maximum Gasteiger partial charge on any atom is 0.232 e. The van der Waals surface area contributed by atoms with E-state index in [0.29, 0.717) is 17.8 Å². The third-order valence-electron chi connectivity index (χ3n) is 10.8. The first-order chi connectivity index (χ1) is 17.4. The van der Waals surface area contributed by atoms with E-state index in [1.54, 1.807) is 0 Å². The number of allylic oxidation sites excluding steroid dienone is 3. The minimum Gasteiger partial charge on any atom is -0.490 e. The molecule has 37 heavy (non-hydrogen) atoms. The van der Waals surface area contributed by atoms with Crippen LogP contribution in [0.3, 0.4) is 0 Å². The van der Waals surface area contributed by atoms with Crippen LogP contribution in [0, 0.1) is 52.3 Å². The van der Waals surface area contributed by atoms with Gasteiger partial charge in [0.1, 0.15) is 29.3 Å². The minimum atomic E-state index is -1.43. The largest absolute Gasteiger partial charge is 0.490 e. The van der Waals surface area contributed by atoms with Gasteiger partial charge >= 0.3 is 0 Å². The van der Waals surface area contributed by atoms with Crippen LogP contribution < -0.4 is 10.1 Å². The van der Waals surface area contributed by atoms with Crippen molar-refractivity contribution in [3.05, 3.63) is 54.1 Å². The Morgan fingerprint density at radius 2 is 1.81 bits per heavy atom. The summed E-state index contributed by atoms with van der Waals surface area (Å²) in [5.41, 5.74) is 0.166. The molecule has 0 aromatic heterocycles. The van der Waals surface area contributed by atoms with E-state index in [4.69, 9.17) is 4.74 Å². The van der Waals surface area contributed by atoms with Gasteiger partial charge in [-0.3, -0.25) is 9.59 Å². The van der Waals surface area contributed by atoms with Crippen LogP contribution in [-0.2, 0) is 16.0 Å². The zero-order valence-electron chi connectivity index (χ0n) is 22.8. The van der Waals surface area contributed by atoms with E-state index in [9.17, 15) is 14.7 Å². The number of amides is 1. The molecule has 2 N–H and O–H groups in total. The van der Waals surface area contributed by atoms with Gasteiger partial charge in [0.25, 0.3) is 0 Å². The van der Waals surface area contributed by atoms with Crippen LogP contribution in [0.5, 0.6) is 5.75 Å². The Kier molecular flexibility index (Phi) is 5.42. The molecule has 6 aliphatic rings. The molecule has 3 aliphatic heterocycles. The number of rotatable bonds is 1. The molecule has 3 fully saturated rings. The second-order valence-corrected chi connectivity index (χ2v) is 13.6. The summed E-state index contributed by atoms with van der Waals surface area (Å²) in [5, 5.41) is 14.1. The average Bonchev–Trinajstić information content (AvgIpc) is 3.24. The Morgan fingerprint density at radius 3 is 2.49 bits per heavy atom. The molecule has 5 nitrogen and oxygen atoms in total. The number of benzene rings is 1. The molecule has 1 aromatic carbocycles. The van der Waals surface area contributed by atoms with Gasteiger partial charge in [0.05, 0.1) is 0 Å². The molecule has 2 saturated carbocycles. The molecule has 0 spiro atoms. The topological polar surface area (TPSA) is 75.6 Å². The van der Waals surface area contributed by atoms with Gasteiger partial charge in [-0.15, -0.1) is 6.58 Å². The predicted molar refractivity (Wildman–Crippen MR) is 142 cm³/mol. The van der Waals surface area contributed by atoms with Gasteiger partial charge in [-0.25, -0.2) is 0 Å². The summed E-state index contributed by atoms with van der Waals surface area (Å²) in [4.78, 5) is 27.8. The number of hydrogen-bond acceptors (Lipinski definition) is 4. The van der Waals surface area contributed by atoms with E-state index < -0.39 is 23.0 Å². The molecule has 0 radical (unpaired) electrons. The number of ketones is 1. The number of carbonyl (C=O) groups is 2.